The first-order chi connectivity index (χ1) is 13.1. The number of nitrogens with one attached hydrogen (secondary N) is 1. The molecule has 0 saturated heterocycles. The maximum absolute atomic E-state index is 6.26. The Labute approximate surface area is 177 Å². The number of rotatable bonds is 7. The third-order valence-electron chi connectivity index (χ3n) is 4.05. The van der Waals surface area contributed by atoms with E-state index in [9.17, 15) is 0 Å². The molecule has 1 N–H and O–H groups in total. The highest BCUT2D eigenvalue weighted by Crippen LogP contribution is 2.38. The molecule has 0 aromatic heterocycles. The van der Waals surface area contributed by atoms with E-state index in [1.807, 2.05) is 48.5 Å². The zero-order chi connectivity index (χ0) is 19.2. The maximum atomic E-state index is 6.26. The van der Waals surface area contributed by atoms with Crippen molar-refractivity contribution in [3.63, 3.8) is 0 Å². The highest BCUT2D eigenvalue weighted by atomic mass is 79.9. The Bertz CT molecular complexity index is 899. The molecule has 0 fully saturated rings. The van der Waals surface area contributed by atoms with E-state index in [2.05, 4.69) is 21.2 Å². The van der Waals surface area contributed by atoms with Crippen molar-refractivity contribution in [2.24, 2.45) is 0 Å². The second kappa shape index (κ2) is 9.36. The summed E-state index contributed by atoms with van der Waals surface area (Å²) in [6.45, 7) is 0.803. The first-order valence-electron chi connectivity index (χ1n) is 8.30. The van der Waals surface area contributed by atoms with Gasteiger partial charge < -0.3 is 14.8 Å². The van der Waals surface area contributed by atoms with Gasteiger partial charge in [0.1, 0.15) is 6.61 Å². The average molecular weight is 467 g/mol. The second-order valence-corrected chi connectivity index (χ2v) is 7.43. The van der Waals surface area contributed by atoms with Gasteiger partial charge in [0.25, 0.3) is 0 Å². The summed E-state index contributed by atoms with van der Waals surface area (Å²) in [5, 5.41) is 4.54. The molecule has 3 aromatic carbocycles. The molecule has 140 valence electrons. The van der Waals surface area contributed by atoms with E-state index in [0.717, 1.165) is 21.3 Å². The molecule has 0 spiro atoms. The monoisotopic (exact) mass is 465 g/mol. The number of anilines is 1. The van der Waals surface area contributed by atoms with E-state index in [1.54, 1.807) is 19.2 Å². The molecule has 0 saturated carbocycles. The van der Waals surface area contributed by atoms with Crippen LogP contribution in [0.3, 0.4) is 0 Å². The van der Waals surface area contributed by atoms with Crippen molar-refractivity contribution in [1.29, 1.82) is 0 Å². The van der Waals surface area contributed by atoms with Gasteiger partial charge in [0.2, 0.25) is 0 Å². The van der Waals surface area contributed by atoms with Gasteiger partial charge in [-0.05, 0) is 36.4 Å². The van der Waals surface area contributed by atoms with Gasteiger partial charge in [-0.25, -0.2) is 0 Å². The van der Waals surface area contributed by atoms with E-state index in [4.69, 9.17) is 32.7 Å². The summed E-state index contributed by atoms with van der Waals surface area (Å²) in [7, 11) is 1.62. The Morgan fingerprint density at radius 2 is 1.59 bits per heavy atom. The summed E-state index contributed by atoms with van der Waals surface area (Å²) in [5.41, 5.74) is 2.71. The van der Waals surface area contributed by atoms with Gasteiger partial charge >= 0.3 is 0 Å². The van der Waals surface area contributed by atoms with Crippen LogP contribution >= 0.6 is 39.1 Å². The molecule has 0 radical (unpaired) electrons. The molecule has 0 atom stereocenters. The summed E-state index contributed by atoms with van der Waals surface area (Å²) in [4.78, 5) is 0. The Morgan fingerprint density at radius 3 is 2.26 bits per heavy atom. The fraction of sp³-hybridized carbons (Fsp3) is 0.143. The van der Waals surface area contributed by atoms with Crippen LogP contribution in [-0.2, 0) is 13.2 Å². The smallest absolute Gasteiger partial charge is 0.167 e. The molecular formula is C21H18BrCl2NO2. The Hall–Kier alpha value is -1.88. The molecule has 3 nitrogen and oxygen atoms in total. The van der Waals surface area contributed by atoms with Crippen molar-refractivity contribution in [3.05, 3.63) is 86.3 Å². The number of ether oxygens (including phenoxy) is 2. The standard InChI is InChI=1S/C21H18BrCl2NO2/c1-26-20-11-10-17(22)15(12-25-14-6-3-2-4-7-14)21(20)27-13-16-18(23)8-5-9-19(16)24/h2-11,25H,12-13H2,1H3. The molecule has 0 bridgehead atoms. The zero-order valence-corrected chi connectivity index (χ0v) is 17.7. The third kappa shape index (κ3) is 4.89. The first-order valence-corrected chi connectivity index (χ1v) is 9.85. The van der Waals surface area contributed by atoms with E-state index in [-0.39, 0.29) is 6.61 Å². The van der Waals surface area contributed by atoms with Crippen LogP contribution in [0, 0.1) is 0 Å². The van der Waals surface area contributed by atoms with Gasteiger partial charge in [-0.3, -0.25) is 0 Å². The van der Waals surface area contributed by atoms with Crippen LogP contribution < -0.4 is 14.8 Å². The SMILES string of the molecule is COc1ccc(Br)c(CNc2ccccc2)c1OCc1c(Cl)cccc1Cl. The fourth-order valence-electron chi connectivity index (χ4n) is 2.63. The van der Waals surface area contributed by atoms with Crippen molar-refractivity contribution >= 4 is 44.8 Å². The van der Waals surface area contributed by atoms with E-state index >= 15 is 0 Å². The maximum Gasteiger partial charge on any atom is 0.167 e. The van der Waals surface area contributed by atoms with Crippen LogP contribution in [0.1, 0.15) is 11.1 Å². The molecule has 3 rings (SSSR count). The van der Waals surface area contributed by atoms with E-state index in [1.165, 1.54) is 0 Å². The minimum Gasteiger partial charge on any atom is -0.493 e. The molecule has 27 heavy (non-hydrogen) atoms. The lowest BCUT2D eigenvalue weighted by Crippen LogP contribution is -2.06. The Morgan fingerprint density at radius 1 is 0.889 bits per heavy atom. The Kier molecular flexibility index (Phi) is 6.89. The van der Waals surface area contributed by atoms with E-state index in [0.29, 0.717) is 28.1 Å². The predicted octanol–water partition coefficient (Wildman–Crippen LogP) is 6.96. The average Bonchev–Trinajstić information content (AvgIpc) is 2.68. The topological polar surface area (TPSA) is 30.5 Å². The van der Waals surface area contributed by atoms with Gasteiger partial charge in [0.15, 0.2) is 11.5 Å². The molecule has 3 aromatic rings. The largest absolute Gasteiger partial charge is 0.493 e. The van der Waals surface area contributed by atoms with Gasteiger partial charge in [-0.15, -0.1) is 0 Å². The zero-order valence-electron chi connectivity index (χ0n) is 14.6. The van der Waals surface area contributed by atoms with Crippen LogP contribution in [0.4, 0.5) is 5.69 Å². The molecule has 0 amide bonds. The molecular weight excluding hydrogens is 449 g/mol. The summed E-state index contributed by atoms with van der Waals surface area (Å²) in [6, 6.07) is 19.2. The predicted molar refractivity (Wildman–Crippen MR) is 115 cm³/mol. The minimum atomic E-state index is 0.240. The van der Waals surface area contributed by atoms with E-state index < -0.39 is 0 Å². The minimum absolute atomic E-state index is 0.240. The number of halogens is 3. The number of benzene rings is 3. The van der Waals surface area contributed by atoms with Crippen molar-refractivity contribution < 1.29 is 9.47 Å². The lowest BCUT2D eigenvalue weighted by Gasteiger charge is -2.18. The van der Waals surface area contributed by atoms with Gasteiger partial charge in [0.05, 0.1) is 7.11 Å². The summed E-state index contributed by atoms with van der Waals surface area (Å²) in [5.74, 6) is 1.29. The molecule has 0 aliphatic heterocycles. The number of methoxy groups -OCH3 is 1. The number of hydrogen-bond donors (Lipinski definition) is 1. The van der Waals surface area contributed by atoms with Crippen LogP contribution in [0.15, 0.2) is 65.1 Å². The summed E-state index contributed by atoms with van der Waals surface area (Å²) in [6.07, 6.45) is 0. The second-order valence-electron chi connectivity index (χ2n) is 5.77. The van der Waals surface area contributed by atoms with Crippen molar-refractivity contribution in [1.82, 2.24) is 0 Å². The molecule has 6 heteroatoms. The van der Waals surface area contributed by atoms with Crippen LogP contribution in [0.5, 0.6) is 11.5 Å². The quantitative estimate of drug-likeness (QED) is 0.408. The molecule has 0 heterocycles. The first kappa shape index (κ1) is 19.9. The lowest BCUT2D eigenvalue weighted by atomic mass is 10.1. The summed E-state index contributed by atoms with van der Waals surface area (Å²) >= 11 is 16.1. The summed E-state index contributed by atoms with van der Waals surface area (Å²) < 4.78 is 12.5. The van der Waals surface area contributed by atoms with Crippen molar-refractivity contribution in [2.45, 2.75) is 13.2 Å². The normalized spacial score (nSPS) is 10.5. The van der Waals surface area contributed by atoms with Crippen LogP contribution in [0.2, 0.25) is 10.0 Å². The molecule has 0 unspecified atom stereocenters. The van der Waals surface area contributed by atoms with Crippen LogP contribution in [-0.4, -0.2) is 7.11 Å². The van der Waals surface area contributed by atoms with Gasteiger partial charge in [-0.2, -0.15) is 0 Å². The van der Waals surface area contributed by atoms with Crippen molar-refractivity contribution in [3.8, 4) is 11.5 Å². The van der Waals surface area contributed by atoms with Crippen molar-refractivity contribution in [2.75, 3.05) is 12.4 Å². The van der Waals surface area contributed by atoms with Crippen LogP contribution in [0.25, 0.3) is 0 Å². The van der Waals surface area contributed by atoms with Gasteiger partial charge in [0, 0.05) is 37.9 Å². The lowest BCUT2D eigenvalue weighted by molar-refractivity contribution is 0.281. The Balaban J connectivity index is 1.87. The van der Waals surface area contributed by atoms with Gasteiger partial charge in [-0.1, -0.05) is 63.4 Å². The highest BCUT2D eigenvalue weighted by Gasteiger charge is 2.16. The third-order valence-corrected chi connectivity index (χ3v) is 5.50. The highest BCUT2D eigenvalue weighted by molar-refractivity contribution is 9.10. The number of hydrogen-bond acceptors (Lipinski definition) is 3. The molecule has 0 aliphatic carbocycles. The molecule has 0 aliphatic rings. The fourth-order valence-corrected chi connectivity index (χ4v) is 3.59. The number of para-hydroxylation sites is 1.